The molecule has 0 aliphatic rings. The van der Waals surface area contributed by atoms with Gasteiger partial charge >= 0.3 is 5.97 Å². The van der Waals surface area contributed by atoms with Gasteiger partial charge in [-0.3, -0.25) is 4.79 Å². The monoisotopic (exact) mass is 293 g/mol. The first-order chi connectivity index (χ1) is 9.17. The number of terminal acetylenes is 2. The molecular weight excluding hydrogens is 278 g/mol. The molecule has 2 N–H and O–H groups in total. The Morgan fingerprint density at radius 2 is 1.80 bits per heavy atom. The van der Waals surface area contributed by atoms with Crippen molar-refractivity contribution in [2.24, 2.45) is 5.73 Å². The van der Waals surface area contributed by atoms with Gasteiger partial charge in [0.2, 0.25) is 0 Å². The molecular formula is C15H16ClNO3. The molecule has 0 aromatic heterocycles. The SMILES string of the molecule is C#CCOC(=O)[C@@H](N)Cc1ccc(OCC#C)cc1.Cl. The lowest BCUT2D eigenvalue weighted by Crippen LogP contribution is -2.34. The van der Waals surface area contributed by atoms with Crippen molar-refractivity contribution < 1.29 is 14.3 Å². The lowest BCUT2D eigenvalue weighted by molar-refractivity contribution is -0.143. The van der Waals surface area contributed by atoms with Crippen molar-refractivity contribution in [3.05, 3.63) is 29.8 Å². The second-order valence-electron chi connectivity index (χ2n) is 3.76. The highest BCUT2D eigenvalue weighted by atomic mass is 35.5. The molecule has 0 aliphatic heterocycles. The van der Waals surface area contributed by atoms with Gasteiger partial charge in [-0.1, -0.05) is 24.0 Å². The summed E-state index contributed by atoms with van der Waals surface area (Å²) in [5.74, 6) is 4.75. The Balaban J connectivity index is 0.00000361. The maximum Gasteiger partial charge on any atom is 0.324 e. The first-order valence-electron chi connectivity index (χ1n) is 5.68. The van der Waals surface area contributed by atoms with E-state index in [1.807, 2.05) is 12.1 Å². The second kappa shape index (κ2) is 9.75. The number of nitrogens with two attached hydrogens (primary N) is 1. The summed E-state index contributed by atoms with van der Waals surface area (Å²) in [6.07, 6.45) is 10.5. The van der Waals surface area contributed by atoms with Crippen molar-refractivity contribution in [1.29, 1.82) is 0 Å². The predicted molar refractivity (Wildman–Crippen MR) is 79.5 cm³/mol. The highest BCUT2D eigenvalue weighted by molar-refractivity contribution is 5.85. The number of benzene rings is 1. The minimum atomic E-state index is -0.731. The molecule has 0 saturated heterocycles. The molecule has 0 unspecified atom stereocenters. The van der Waals surface area contributed by atoms with Gasteiger partial charge in [0.15, 0.2) is 6.61 Å². The lowest BCUT2D eigenvalue weighted by atomic mass is 10.1. The highest BCUT2D eigenvalue weighted by Gasteiger charge is 2.15. The summed E-state index contributed by atoms with van der Waals surface area (Å²) in [4.78, 5) is 11.4. The summed E-state index contributed by atoms with van der Waals surface area (Å²) in [6.45, 7) is 0.155. The van der Waals surface area contributed by atoms with E-state index in [4.69, 9.17) is 28.1 Å². The fourth-order valence-electron chi connectivity index (χ4n) is 1.40. The van der Waals surface area contributed by atoms with Crippen LogP contribution in [0.15, 0.2) is 24.3 Å². The third kappa shape index (κ3) is 6.15. The van der Waals surface area contributed by atoms with Crippen LogP contribution in [-0.2, 0) is 16.0 Å². The number of halogens is 1. The maximum atomic E-state index is 11.4. The summed E-state index contributed by atoms with van der Waals surface area (Å²) < 4.78 is 9.99. The van der Waals surface area contributed by atoms with Gasteiger partial charge < -0.3 is 15.2 Å². The van der Waals surface area contributed by atoms with E-state index >= 15 is 0 Å². The van der Waals surface area contributed by atoms with Crippen molar-refractivity contribution >= 4 is 18.4 Å². The van der Waals surface area contributed by atoms with Crippen molar-refractivity contribution in [3.8, 4) is 30.4 Å². The van der Waals surface area contributed by atoms with E-state index in [1.54, 1.807) is 12.1 Å². The third-order valence-corrected chi connectivity index (χ3v) is 2.30. The quantitative estimate of drug-likeness (QED) is 0.632. The van der Waals surface area contributed by atoms with Crippen LogP contribution in [0.5, 0.6) is 5.75 Å². The molecule has 0 fully saturated rings. The largest absolute Gasteiger partial charge is 0.481 e. The van der Waals surface area contributed by atoms with E-state index < -0.39 is 12.0 Å². The van der Waals surface area contributed by atoms with Crippen LogP contribution in [0.4, 0.5) is 0 Å². The number of ether oxygens (including phenoxy) is 2. The number of rotatable bonds is 6. The first kappa shape index (κ1) is 17.9. The lowest BCUT2D eigenvalue weighted by Gasteiger charge is -2.10. The zero-order valence-electron chi connectivity index (χ0n) is 10.9. The fourth-order valence-corrected chi connectivity index (χ4v) is 1.40. The Bertz CT molecular complexity index is 499. The van der Waals surface area contributed by atoms with Gasteiger partial charge in [-0.05, 0) is 24.1 Å². The van der Waals surface area contributed by atoms with Gasteiger partial charge in [-0.2, -0.15) is 0 Å². The summed E-state index contributed by atoms with van der Waals surface area (Å²) in [5.41, 5.74) is 6.61. The van der Waals surface area contributed by atoms with Gasteiger partial charge in [0.05, 0.1) is 0 Å². The van der Waals surface area contributed by atoms with E-state index in [-0.39, 0.29) is 25.6 Å². The normalized spacial score (nSPS) is 10.3. The molecule has 0 heterocycles. The van der Waals surface area contributed by atoms with Gasteiger partial charge in [0, 0.05) is 0 Å². The highest BCUT2D eigenvalue weighted by Crippen LogP contribution is 2.13. The molecule has 5 heteroatoms. The smallest absolute Gasteiger partial charge is 0.324 e. The van der Waals surface area contributed by atoms with Crippen molar-refractivity contribution in [2.75, 3.05) is 13.2 Å². The van der Waals surface area contributed by atoms with Crippen LogP contribution in [0, 0.1) is 24.7 Å². The van der Waals surface area contributed by atoms with Gasteiger partial charge in [0.25, 0.3) is 0 Å². The van der Waals surface area contributed by atoms with Crippen LogP contribution in [0.2, 0.25) is 0 Å². The molecule has 0 bridgehead atoms. The topological polar surface area (TPSA) is 61.5 Å². The summed E-state index contributed by atoms with van der Waals surface area (Å²) in [6, 6.07) is 6.45. The number of carbonyl (C=O) groups excluding carboxylic acids is 1. The molecule has 0 aliphatic carbocycles. The summed E-state index contributed by atoms with van der Waals surface area (Å²) >= 11 is 0. The molecule has 0 saturated carbocycles. The van der Waals surface area contributed by atoms with Crippen molar-refractivity contribution in [1.82, 2.24) is 0 Å². The Labute approximate surface area is 125 Å². The van der Waals surface area contributed by atoms with Crippen LogP contribution >= 0.6 is 12.4 Å². The van der Waals surface area contributed by atoms with Gasteiger partial charge in [-0.25, -0.2) is 0 Å². The Hall–Kier alpha value is -2.14. The van der Waals surface area contributed by atoms with Crippen LogP contribution in [-0.4, -0.2) is 25.2 Å². The molecule has 1 rings (SSSR count). The average Bonchev–Trinajstić information content (AvgIpc) is 2.43. The predicted octanol–water partition coefficient (Wildman–Crippen LogP) is 1.17. The minimum absolute atomic E-state index is 0. The molecule has 1 aromatic rings. The zero-order valence-corrected chi connectivity index (χ0v) is 11.7. The van der Waals surface area contributed by atoms with E-state index in [1.165, 1.54) is 0 Å². The van der Waals surface area contributed by atoms with E-state index in [0.29, 0.717) is 12.2 Å². The fraction of sp³-hybridized carbons (Fsp3) is 0.267. The van der Waals surface area contributed by atoms with E-state index in [9.17, 15) is 4.79 Å². The summed E-state index contributed by atoms with van der Waals surface area (Å²) in [5, 5.41) is 0. The molecule has 0 radical (unpaired) electrons. The molecule has 1 aromatic carbocycles. The number of carbonyl (C=O) groups is 1. The van der Waals surface area contributed by atoms with Crippen LogP contribution < -0.4 is 10.5 Å². The average molecular weight is 294 g/mol. The van der Waals surface area contributed by atoms with E-state index in [2.05, 4.69) is 11.8 Å². The molecule has 20 heavy (non-hydrogen) atoms. The summed E-state index contributed by atoms with van der Waals surface area (Å²) in [7, 11) is 0. The van der Waals surface area contributed by atoms with Crippen LogP contribution in [0.1, 0.15) is 5.56 Å². The zero-order chi connectivity index (χ0) is 14.1. The maximum absolute atomic E-state index is 11.4. The molecule has 1 atom stereocenters. The minimum Gasteiger partial charge on any atom is -0.481 e. The van der Waals surface area contributed by atoms with Gasteiger partial charge in [0.1, 0.15) is 18.4 Å². The second-order valence-corrected chi connectivity index (χ2v) is 3.76. The molecule has 0 spiro atoms. The number of esters is 1. The molecule has 0 amide bonds. The Morgan fingerprint density at radius 3 is 2.35 bits per heavy atom. The standard InChI is InChI=1S/C15H15NO3.ClH/c1-3-9-18-13-7-5-12(6-8-13)11-14(16)15(17)19-10-4-2;/h1-2,5-8,14H,9-11,16H2;1H/t14-;/m0./s1. The Kier molecular flexibility index (Phi) is 8.70. The number of hydrogen-bond acceptors (Lipinski definition) is 4. The van der Waals surface area contributed by atoms with Crippen molar-refractivity contribution in [2.45, 2.75) is 12.5 Å². The van der Waals surface area contributed by atoms with Crippen molar-refractivity contribution in [3.63, 3.8) is 0 Å². The van der Waals surface area contributed by atoms with Gasteiger partial charge in [-0.15, -0.1) is 25.3 Å². The van der Waals surface area contributed by atoms with Crippen LogP contribution in [0.3, 0.4) is 0 Å². The third-order valence-electron chi connectivity index (χ3n) is 2.30. The molecule has 4 nitrogen and oxygen atoms in total. The van der Waals surface area contributed by atoms with E-state index in [0.717, 1.165) is 5.56 Å². The first-order valence-corrected chi connectivity index (χ1v) is 5.68. The number of hydrogen-bond donors (Lipinski definition) is 1. The van der Waals surface area contributed by atoms with Crippen LogP contribution in [0.25, 0.3) is 0 Å². The molecule has 106 valence electrons. The Morgan fingerprint density at radius 1 is 1.20 bits per heavy atom.